The minimum absolute atomic E-state index is 0.00341. The summed E-state index contributed by atoms with van der Waals surface area (Å²) in [6, 6.07) is 6.97. The molecular formula is C21H25ClN4O4. The Morgan fingerprint density at radius 2 is 2.03 bits per heavy atom. The van der Waals surface area contributed by atoms with Crippen molar-refractivity contribution in [3.63, 3.8) is 0 Å². The van der Waals surface area contributed by atoms with Gasteiger partial charge >= 0.3 is 6.03 Å². The normalized spacial score (nSPS) is 24.6. The van der Waals surface area contributed by atoms with E-state index in [1.807, 2.05) is 9.80 Å². The first-order valence-corrected chi connectivity index (χ1v) is 10.7. The second-order valence-electron chi connectivity index (χ2n) is 8.04. The molecule has 9 heteroatoms. The number of rotatable bonds is 3. The number of piperidine rings is 2. The van der Waals surface area contributed by atoms with Crippen LogP contribution in [0.5, 0.6) is 5.75 Å². The van der Waals surface area contributed by atoms with Crippen molar-refractivity contribution in [1.29, 1.82) is 5.26 Å². The number of hydrogen-bond acceptors (Lipinski definition) is 5. The number of nitrogens with zero attached hydrogens (tertiary/aromatic N) is 3. The van der Waals surface area contributed by atoms with E-state index in [1.54, 1.807) is 18.2 Å². The van der Waals surface area contributed by atoms with Gasteiger partial charge in [-0.1, -0.05) is 11.6 Å². The van der Waals surface area contributed by atoms with Crippen molar-refractivity contribution in [3.8, 4) is 11.8 Å². The summed E-state index contributed by atoms with van der Waals surface area (Å²) in [6.07, 6.45) is 2.47. The minimum Gasteiger partial charge on any atom is -0.492 e. The molecule has 2 atom stereocenters. The van der Waals surface area contributed by atoms with Crippen molar-refractivity contribution >= 4 is 23.5 Å². The third-order valence-electron chi connectivity index (χ3n) is 6.02. The number of nitriles is 1. The Kier molecular flexibility index (Phi) is 6.30. The number of benzene rings is 1. The Balaban J connectivity index is 1.24. The maximum Gasteiger partial charge on any atom is 0.320 e. The van der Waals surface area contributed by atoms with Gasteiger partial charge in [0.15, 0.2) is 0 Å². The van der Waals surface area contributed by atoms with Gasteiger partial charge in [0.1, 0.15) is 12.4 Å². The summed E-state index contributed by atoms with van der Waals surface area (Å²) in [7, 11) is 0. The first-order chi connectivity index (χ1) is 14.5. The molecule has 3 amide bonds. The molecule has 8 nitrogen and oxygen atoms in total. The van der Waals surface area contributed by atoms with Crippen LogP contribution in [0.1, 0.15) is 24.8 Å². The van der Waals surface area contributed by atoms with Crippen LogP contribution in [-0.2, 0) is 9.53 Å². The maximum absolute atomic E-state index is 12.9. The van der Waals surface area contributed by atoms with E-state index in [-0.39, 0.29) is 30.7 Å². The smallest absolute Gasteiger partial charge is 0.320 e. The second-order valence-corrected chi connectivity index (χ2v) is 8.45. The highest BCUT2D eigenvalue weighted by molar-refractivity contribution is 6.32. The monoisotopic (exact) mass is 432 g/mol. The Labute approximate surface area is 180 Å². The van der Waals surface area contributed by atoms with Gasteiger partial charge in [0, 0.05) is 26.2 Å². The third kappa shape index (κ3) is 4.63. The van der Waals surface area contributed by atoms with Crippen LogP contribution < -0.4 is 10.1 Å². The molecule has 3 saturated heterocycles. The van der Waals surface area contributed by atoms with Gasteiger partial charge in [-0.2, -0.15) is 5.26 Å². The average molecular weight is 433 g/mol. The Hall–Kier alpha value is -2.50. The second kappa shape index (κ2) is 9.11. The van der Waals surface area contributed by atoms with E-state index in [1.165, 1.54) is 0 Å². The van der Waals surface area contributed by atoms with Crippen LogP contribution in [0.4, 0.5) is 4.79 Å². The first-order valence-electron chi connectivity index (χ1n) is 10.3. The summed E-state index contributed by atoms with van der Waals surface area (Å²) in [4.78, 5) is 28.2. The van der Waals surface area contributed by atoms with E-state index in [4.69, 9.17) is 26.3 Å². The van der Waals surface area contributed by atoms with E-state index in [0.717, 1.165) is 19.3 Å². The highest BCUT2D eigenvalue weighted by Gasteiger charge is 2.38. The lowest BCUT2D eigenvalue weighted by Gasteiger charge is -2.43. The average Bonchev–Trinajstić information content (AvgIpc) is 2.77. The van der Waals surface area contributed by atoms with Crippen molar-refractivity contribution in [1.82, 2.24) is 15.1 Å². The van der Waals surface area contributed by atoms with Gasteiger partial charge < -0.3 is 24.6 Å². The van der Waals surface area contributed by atoms with E-state index < -0.39 is 0 Å². The lowest BCUT2D eigenvalue weighted by atomic mass is 9.97. The Morgan fingerprint density at radius 1 is 1.27 bits per heavy atom. The lowest BCUT2D eigenvalue weighted by molar-refractivity contribution is -0.139. The highest BCUT2D eigenvalue weighted by Crippen LogP contribution is 2.27. The molecule has 0 aliphatic carbocycles. The SMILES string of the molecule is N#Cc1ccc(OCC2CCN(C(=O)N3CC[C@@H]4OCC(=O)N[C@@H]4C3)CC2)c(Cl)c1. The highest BCUT2D eigenvalue weighted by atomic mass is 35.5. The molecule has 0 saturated carbocycles. The van der Waals surface area contributed by atoms with Crippen LogP contribution in [-0.4, -0.2) is 73.3 Å². The zero-order chi connectivity index (χ0) is 21.1. The molecule has 0 spiro atoms. The molecule has 160 valence electrons. The molecule has 1 aromatic rings. The number of carbonyl (C=O) groups excluding carboxylic acids is 2. The summed E-state index contributed by atoms with van der Waals surface area (Å²) in [5.41, 5.74) is 0.502. The minimum atomic E-state index is -0.118. The van der Waals surface area contributed by atoms with Gasteiger partial charge in [-0.3, -0.25) is 4.79 Å². The van der Waals surface area contributed by atoms with Crippen molar-refractivity contribution in [2.75, 3.05) is 39.4 Å². The number of carbonyl (C=O) groups is 2. The molecule has 0 aromatic heterocycles. The summed E-state index contributed by atoms with van der Waals surface area (Å²) in [5, 5.41) is 12.3. The van der Waals surface area contributed by atoms with E-state index >= 15 is 0 Å². The van der Waals surface area contributed by atoms with Crippen LogP contribution in [0.25, 0.3) is 0 Å². The zero-order valence-electron chi connectivity index (χ0n) is 16.7. The molecule has 3 aliphatic heterocycles. The van der Waals surface area contributed by atoms with Gasteiger partial charge in [0.2, 0.25) is 5.91 Å². The predicted molar refractivity (Wildman–Crippen MR) is 109 cm³/mol. The fraction of sp³-hybridized carbons (Fsp3) is 0.571. The van der Waals surface area contributed by atoms with Crippen LogP contribution in [0.3, 0.4) is 0 Å². The van der Waals surface area contributed by atoms with Crippen molar-refractivity contribution in [2.45, 2.75) is 31.4 Å². The van der Waals surface area contributed by atoms with Gasteiger partial charge in [-0.05, 0) is 43.4 Å². The summed E-state index contributed by atoms with van der Waals surface area (Å²) in [6.45, 7) is 3.15. The molecule has 0 bridgehead atoms. The van der Waals surface area contributed by atoms with E-state index in [9.17, 15) is 9.59 Å². The summed E-state index contributed by atoms with van der Waals surface area (Å²) in [5.74, 6) is 0.806. The summed E-state index contributed by atoms with van der Waals surface area (Å²) < 4.78 is 11.4. The van der Waals surface area contributed by atoms with Crippen molar-refractivity contribution < 1.29 is 19.1 Å². The Morgan fingerprint density at radius 3 is 2.77 bits per heavy atom. The number of ether oxygens (including phenoxy) is 2. The molecular weight excluding hydrogens is 408 g/mol. The summed E-state index contributed by atoms with van der Waals surface area (Å²) >= 11 is 6.16. The fourth-order valence-corrected chi connectivity index (χ4v) is 4.49. The molecule has 3 fully saturated rings. The molecule has 1 N–H and O–H groups in total. The topological polar surface area (TPSA) is 94.9 Å². The molecule has 4 rings (SSSR count). The molecule has 3 heterocycles. The van der Waals surface area contributed by atoms with Crippen molar-refractivity contribution in [2.24, 2.45) is 5.92 Å². The van der Waals surface area contributed by atoms with Crippen molar-refractivity contribution in [3.05, 3.63) is 28.8 Å². The largest absolute Gasteiger partial charge is 0.492 e. The van der Waals surface area contributed by atoms with Crippen LogP contribution in [0.15, 0.2) is 18.2 Å². The maximum atomic E-state index is 12.9. The van der Waals surface area contributed by atoms with Gasteiger partial charge in [-0.25, -0.2) is 4.79 Å². The molecule has 0 unspecified atom stereocenters. The van der Waals surface area contributed by atoms with Gasteiger partial charge in [0.25, 0.3) is 0 Å². The number of halogens is 1. The number of likely N-dealkylation sites (tertiary alicyclic amines) is 2. The zero-order valence-corrected chi connectivity index (χ0v) is 17.4. The number of nitrogens with one attached hydrogen (secondary N) is 1. The number of hydrogen-bond donors (Lipinski definition) is 1. The fourth-order valence-electron chi connectivity index (χ4n) is 4.26. The number of urea groups is 1. The van der Waals surface area contributed by atoms with Crippen LogP contribution in [0.2, 0.25) is 5.02 Å². The molecule has 30 heavy (non-hydrogen) atoms. The van der Waals surface area contributed by atoms with Crippen LogP contribution in [0, 0.1) is 17.2 Å². The number of fused-ring (bicyclic) bond motifs is 1. The van der Waals surface area contributed by atoms with E-state index in [0.29, 0.717) is 55.0 Å². The molecule has 1 aromatic carbocycles. The molecule has 3 aliphatic rings. The van der Waals surface area contributed by atoms with Crippen LogP contribution >= 0.6 is 11.6 Å². The lowest BCUT2D eigenvalue weighted by Crippen LogP contribution is -2.62. The standard InChI is InChI=1S/C21H25ClN4O4/c22-16-9-15(10-23)1-2-18(16)29-12-14-3-6-25(7-4-14)21(28)26-8-5-19-17(11-26)24-20(27)13-30-19/h1-2,9,14,17,19H,3-8,11-13H2,(H,24,27)/t17-,19+/m1/s1. The number of morpholine rings is 1. The quantitative estimate of drug-likeness (QED) is 0.788. The first kappa shape index (κ1) is 20.8. The van der Waals surface area contributed by atoms with Gasteiger partial charge in [0.05, 0.1) is 35.4 Å². The van der Waals surface area contributed by atoms with Gasteiger partial charge in [-0.15, -0.1) is 0 Å². The number of amides is 3. The third-order valence-corrected chi connectivity index (χ3v) is 6.31. The predicted octanol–water partition coefficient (Wildman–Crippen LogP) is 2.01. The molecule has 0 radical (unpaired) electrons. The van der Waals surface area contributed by atoms with E-state index in [2.05, 4.69) is 11.4 Å². The Bertz CT molecular complexity index is 850.